The van der Waals surface area contributed by atoms with E-state index in [0.717, 1.165) is 29.8 Å². The number of fused-ring (bicyclic) bond motifs is 1. The number of hydrogen-bond acceptors (Lipinski definition) is 2. The molecule has 0 spiro atoms. The highest BCUT2D eigenvalue weighted by Crippen LogP contribution is 2.41. The molecule has 1 aliphatic heterocycles. The minimum absolute atomic E-state index is 0.183. The maximum absolute atomic E-state index is 6.31. The van der Waals surface area contributed by atoms with Crippen LogP contribution in [-0.4, -0.2) is 19.7 Å². The van der Waals surface area contributed by atoms with Crippen LogP contribution in [0, 0.1) is 0 Å². The van der Waals surface area contributed by atoms with Gasteiger partial charge in [0.2, 0.25) is 0 Å². The summed E-state index contributed by atoms with van der Waals surface area (Å²) in [6.07, 6.45) is 1.11. The highest BCUT2D eigenvalue weighted by atomic mass is 35.5. The van der Waals surface area contributed by atoms with Gasteiger partial charge >= 0.3 is 0 Å². The van der Waals surface area contributed by atoms with E-state index in [-0.39, 0.29) is 6.10 Å². The van der Waals surface area contributed by atoms with Crippen LogP contribution >= 0.6 is 23.2 Å². The molecule has 104 valence electrons. The summed E-state index contributed by atoms with van der Waals surface area (Å²) >= 11 is 12.3. The Morgan fingerprint density at radius 1 is 1.20 bits per heavy atom. The molecular weight excluding hydrogens is 293 g/mol. The Bertz CT molecular complexity index is 642. The maximum atomic E-state index is 6.31. The summed E-state index contributed by atoms with van der Waals surface area (Å²) in [6.45, 7) is 0.836. The average Bonchev–Trinajstić information content (AvgIpc) is 2.82. The molecule has 0 saturated carbocycles. The van der Waals surface area contributed by atoms with Crippen molar-refractivity contribution in [2.45, 2.75) is 12.5 Å². The first-order valence-corrected chi connectivity index (χ1v) is 7.33. The van der Waals surface area contributed by atoms with Gasteiger partial charge in [-0.1, -0.05) is 47.5 Å². The number of para-hydroxylation sites is 1. The Balaban J connectivity index is 2.03. The first-order valence-electron chi connectivity index (χ1n) is 6.57. The van der Waals surface area contributed by atoms with Gasteiger partial charge in [-0.25, -0.2) is 0 Å². The Labute approximate surface area is 128 Å². The predicted octanol–water partition coefficient (Wildman–Crippen LogP) is 4.18. The molecule has 1 heterocycles. The second-order valence-corrected chi connectivity index (χ2v) is 5.76. The van der Waals surface area contributed by atoms with Gasteiger partial charge in [-0.05, 0) is 24.7 Å². The van der Waals surface area contributed by atoms with Crippen molar-refractivity contribution < 1.29 is 4.74 Å². The summed E-state index contributed by atoms with van der Waals surface area (Å²) in [6, 6.07) is 11.7. The molecule has 0 aliphatic carbocycles. The SMILES string of the molecule is CNC[C@H]1Cc2cccc(-c3ccc(Cl)cc3Cl)c2O1. The molecule has 3 rings (SSSR count). The van der Waals surface area contributed by atoms with E-state index in [1.807, 2.05) is 31.3 Å². The number of nitrogens with one attached hydrogen (secondary N) is 1. The molecule has 0 unspecified atom stereocenters. The van der Waals surface area contributed by atoms with Gasteiger partial charge in [0.05, 0.1) is 5.02 Å². The van der Waals surface area contributed by atoms with Gasteiger partial charge in [-0.2, -0.15) is 0 Å². The van der Waals surface area contributed by atoms with E-state index in [1.165, 1.54) is 5.56 Å². The molecule has 4 heteroatoms. The van der Waals surface area contributed by atoms with Crippen LogP contribution in [0.1, 0.15) is 5.56 Å². The highest BCUT2D eigenvalue weighted by Gasteiger charge is 2.25. The van der Waals surface area contributed by atoms with E-state index in [1.54, 1.807) is 6.07 Å². The van der Waals surface area contributed by atoms with Crippen molar-refractivity contribution in [3.63, 3.8) is 0 Å². The molecule has 2 nitrogen and oxygen atoms in total. The first kappa shape index (κ1) is 13.7. The molecule has 0 radical (unpaired) electrons. The third-order valence-corrected chi connectivity index (χ3v) is 4.03. The molecule has 0 fully saturated rings. The van der Waals surface area contributed by atoms with Crippen molar-refractivity contribution in [3.05, 3.63) is 52.0 Å². The van der Waals surface area contributed by atoms with E-state index < -0.39 is 0 Å². The minimum Gasteiger partial charge on any atom is -0.488 e. The van der Waals surface area contributed by atoms with Crippen molar-refractivity contribution in [3.8, 4) is 16.9 Å². The monoisotopic (exact) mass is 307 g/mol. The van der Waals surface area contributed by atoms with Gasteiger partial charge in [0.1, 0.15) is 11.9 Å². The topological polar surface area (TPSA) is 21.3 Å². The molecule has 0 aromatic heterocycles. The van der Waals surface area contributed by atoms with E-state index in [0.29, 0.717) is 10.0 Å². The molecule has 2 aromatic carbocycles. The van der Waals surface area contributed by atoms with Crippen LogP contribution in [0.3, 0.4) is 0 Å². The standard InChI is InChI=1S/C16H15Cl2NO/c1-19-9-12-7-10-3-2-4-14(16(10)20-12)13-6-5-11(17)8-15(13)18/h2-6,8,12,19H,7,9H2,1H3/t12-/m1/s1. The molecular formula is C16H15Cl2NO. The molecule has 1 N–H and O–H groups in total. The molecule has 0 amide bonds. The lowest BCUT2D eigenvalue weighted by molar-refractivity contribution is 0.232. The molecule has 1 aliphatic rings. The summed E-state index contributed by atoms with van der Waals surface area (Å²) in [7, 11) is 1.93. The summed E-state index contributed by atoms with van der Waals surface area (Å²) < 4.78 is 6.06. The predicted molar refractivity (Wildman–Crippen MR) is 83.9 cm³/mol. The number of rotatable bonds is 3. The Kier molecular flexibility index (Phi) is 3.88. The fourth-order valence-corrected chi connectivity index (χ4v) is 3.11. The van der Waals surface area contributed by atoms with Gasteiger partial charge in [0.25, 0.3) is 0 Å². The van der Waals surface area contributed by atoms with Crippen molar-refractivity contribution in [2.75, 3.05) is 13.6 Å². The van der Waals surface area contributed by atoms with Crippen molar-refractivity contribution >= 4 is 23.2 Å². The second kappa shape index (κ2) is 5.65. The van der Waals surface area contributed by atoms with Gasteiger partial charge in [0, 0.05) is 29.1 Å². The van der Waals surface area contributed by atoms with Crippen molar-refractivity contribution in [1.82, 2.24) is 5.32 Å². The van der Waals surface area contributed by atoms with Crippen LogP contribution in [-0.2, 0) is 6.42 Å². The number of likely N-dealkylation sites (N-methyl/N-ethyl adjacent to an activating group) is 1. The van der Waals surface area contributed by atoms with E-state index in [4.69, 9.17) is 27.9 Å². The lowest BCUT2D eigenvalue weighted by Gasteiger charge is -2.13. The molecule has 1 atom stereocenters. The van der Waals surface area contributed by atoms with Crippen LogP contribution in [0.4, 0.5) is 0 Å². The van der Waals surface area contributed by atoms with Crippen LogP contribution < -0.4 is 10.1 Å². The van der Waals surface area contributed by atoms with Crippen molar-refractivity contribution in [1.29, 1.82) is 0 Å². The first-order chi connectivity index (χ1) is 9.69. The minimum atomic E-state index is 0.183. The van der Waals surface area contributed by atoms with Gasteiger partial charge in [-0.3, -0.25) is 0 Å². The maximum Gasteiger partial charge on any atom is 0.131 e. The van der Waals surface area contributed by atoms with Crippen LogP contribution in [0.25, 0.3) is 11.1 Å². The Morgan fingerprint density at radius 3 is 2.80 bits per heavy atom. The third kappa shape index (κ3) is 2.51. The van der Waals surface area contributed by atoms with E-state index in [2.05, 4.69) is 11.4 Å². The number of halogens is 2. The normalized spacial score (nSPS) is 16.9. The van der Waals surface area contributed by atoms with Crippen LogP contribution in [0.15, 0.2) is 36.4 Å². The summed E-state index contributed by atoms with van der Waals surface area (Å²) in [5.74, 6) is 0.942. The zero-order valence-corrected chi connectivity index (χ0v) is 12.6. The molecule has 0 bridgehead atoms. The fourth-order valence-electron chi connectivity index (χ4n) is 2.60. The van der Waals surface area contributed by atoms with Crippen LogP contribution in [0.5, 0.6) is 5.75 Å². The van der Waals surface area contributed by atoms with E-state index in [9.17, 15) is 0 Å². The number of ether oxygens (including phenoxy) is 1. The fraction of sp³-hybridized carbons (Fsp3) is 0.250. The van der Waals surface area contributed by atoms with Gasteiger partial charge < -0.3 is 10.1 Å². The second-order valence-electron chi connectivity index (χ2n) is 4.92. The zero-order chi connectivity index (χ0) is 14.1. The molecule has 20 heavy (non-hydrogen) atoms. The highest BCUT2D eigenvalue weighted by molar-refractivity contribution is 6.36. The zero-order valence-electron chi connectivity index (χ0n) is 11.1. The summed E-state index contributed by atoms with van der Waals surface area (Å²) in [5, 5.41) is 4.44. The summed E-state index contributed by atoms with van der Waals surface area (Å²) in [4.78, 5) is 0. The lowest BCUT2D eigenvalue weighted by Crippen LogP contribution is -2.27. The Morgan fingerprint density at radius 2 is 2.05 bits per heavy atom. The van der Waals surface area contributed by atoms with Gasteiger partial charge in [-0.15, -0.1) is 0 Å². The average molecular weight is 308 g/mol. The largest absolute Gasteiger partial charge is 0.488 e. The summed E-state index contributed by atoms with van der Waals surface area (Å²) in [5.41, 5.74) is 3.22. The quantitative estimate of drug-likeness (QED) is 0.918. The molecule has 2 aromatic rings. The Hall–Kier alpha value is -1.22. The lowest BCUT2D eigenvalue weighted by atomic mass is 10.0. The van der Waals surface area contributed by atoms with Gasteiger partial charge in [0.15, 0.2) is 0 Å². The number of benzene rings is 2. The third-order valence-electron chi connectivity index (χ3n) is 3.48. The van der Waals surface area contributed by atoms with E-state index >= 15 is 0 Å². The number of hydrogen-bond donors (Lipinski definition) is 1. The smallest absolute Gasteiger partial charge is 0.131 e. The van der Waals surface area contributed by atoms with Crippen molar-refractivity contribution in [2.24, 2.45) is 0 Å². The van der Waals surface area contributed by atoms with Crippen LogP contribution in [0.2, 0.25) is 10.0 Å². The molecule has 0 saturated heterocycles.